The van der Waals surface area contributed by atoms with E-state index in [9.17, 15) is 4.79 Å². The second kappa shape index (κ2) is 6.91. The summed E-state index contributed by atoms with van der Waals surface area (Å²) in [5.41, 5.74) is 2.50. The number of carbonyl (C=O) groups is 1. The van der Waals surface area contributed by atoms with Gasteiger partial charge in [0.05, 0.1) is 6.54 Å². The van der Waals surface area contributed by atoms with Gasteiger partial charge in [-0.15, -0.1) is 0 Å². The lowest BCUT2D eigenvalue weighted by molar-refractivity contribution is 0.0735. The van der Waals surface area contributed by atoms with Crippen molar-refractivity contribution in [3.63, 3.8) is 0 Å². The minimum absolute atomic E-state index is 0.0957. The van der Waals surface area contributed by atoms with Crippen LogP contribution < -0.4 is 0 Å². The van der Waals surface area contributed by atoms with Gasteiger partial charge in [-0.2, -0.15) is 5.10 Å². The molecular formula is C17H19N5O. The molecule has 0 saturated carbocycles. The third-order valence-corrected chi connectivity index (χ3v) is 3.62. The van der Waals surface area contributed by atoms with Gasteiger partial charge in [-0.25, -0.2) is 4.98 Å². The topological polar surface area (TPSA) is 77.7 Å². The second-order valence-electron chi connectivity index (χ2n) is 5.43. The fourth-order valence-electron chi connectivity index (χ4n) is 2.42. The number of aromatic amines is 2. The average Bonchev–Trinajstić information content (AvgIpc) is 3.23. The number of hydrogen-bond donors (Lipinski definition) is 2. The number of amides is 1. The lowest BCUT2D eigenvalue weighted by Crippen LogP contribution is -2.33. The number of benzene rings is 1. The Bertz CT molecular complexity index is 748. The Morgan fingerprint density at radius 2 is 2.09 bits per heavy atom. The van der Waals surface area contributed by atoms with Gasteiger partial charge in [0.1, 0.15) is 11.5 Å². The van der Waals surface area contributed by atoms with Crippen molar-refractivity contribution < 1.29 is 4.79 Å². The Morgan fingerprint density at radius 1 is 1.26 bits per heavy atom. The van der Waals surface area contributed by atoms with Crippen molar-refractivity contribution in [2.45, 2.75) is 19.9 Å². The third-order valence-electron chi connectivity index (χ3n) is 3.62. The summed E-state index contributed by atoms with van der Waals surface area (Å²) in [5.74, 6) is 0.667. The molecule has 3 rings (SSSR count). The molecule has 2 heterocycles. The highest BCUT2D eigenvalue weighted by molar-refractivity contribution is 5.92. The lowest BCUT2D eigenvalue weighted by Gasteiger charge is -2.20. The Balaban J connectivity index is 1.74. The first-order valence-corrected chi connectivity index (χ1v) is 7.56. The molecule has 1 aromatic carbocycles. The van der Waals surface area contributed by atoms with Crippen molar-refractivity contribution in [1.29, 1.82) is 0 Å². The zero-order chi connectivity index (χ0) is 16.1. The molecule has 0 aliphatic heterocycles. The highest BCUT2D eigenvalue weighted by Crippen LogP contribution is 2.09. The fraction of sp³-hybridized carbons (Fsp3) is 0.235. The summed E-state index contributed by atoms with van der Waals surface area (Å²) in [6, 6.07) is 11.9. The Hall–Kier alpha value is -2.89. The second-order valence-corrected chi connectivity index (χ2v) is 5.43. The molecule has 1 amide bonds. The molecule has 0 bridgehead atoms. The molecule has 0 spiro atoms. The minimum Gasteiger partial charge on any atom is -0.347 e. The van der Waals surface area contributed by atoms with Crippen LogP contribution in [0.4, 0.5) is 0 Å². The molecule has 0 aliphatic carbocycles. The molecule has 0 fully saturated rings. The van der Waals surface area contributed by atoms with Crippen molar-refractivity contribution in [3.05, 3.63) is 71.6 Å². The van der Waals surface area contributed by atoms with E-state index < -0.39 is 0 Å². The minimum atomic E-state index is -0.0957. The van der Waals surface area contributed by atoms with E-state index in [1.165, 1.54) is 5.56 Å². The van der Waals surface area contributed by atoms with Crippen LogP contribution in [0.25, 0.3) is 0 Å². The molecule has 2 aromatic heterocycles. The van der Waals surface area contributed by atoms with Crippen LogP contribution in [0.15, 0.2) is 48.8 Å². The van der Waals surface area contributed by atoms with Crippen LogP contribution in [-0.2, 0) is 13.0 Å². The number of imidazole rings is 1. The van der Waals surface area contributed by atoms with Crippen LogP contribution in [0.5, 0.6) is 0 Å². The van der Waals surface area contributed by atoms with Crippen LogP contribution >= 0.6 is 0 Å². The molecule has 0 saturated heterocycles. The summed E-state index contributed by atoms with van der Waals surface area (Å²) in [5, 5.41) is 6.89. The number of hydrogen-bond acceptors (Lipinski definition) is 3. The summed E-state index contributed by atoms with van der Waals surface area (Å²) in [7, 11) is 0. The highest BCUT2D eigenvalue weighted by atomic mass is 16.2. The van der Waals surface area contributed by atoms with Gasteiger partial charge in [0.2, 0.25) is 0 Å². The lowest BCUT2D eigenvalue weighted by atomic mass is 10.1. The number of carbonyl (C=O) groups excluding carboxylic acids is 1. The van der Waals surface area contributed by atoms with E-state index in [1.54, 1.807) is 23.4 Å². The van der Waals surface area contributed by atoms with E-state index in [4.69, 9.17) is 0 Å². The van der Waals surface area contributed by atoms with Crippen LogP contribution in [0.1, 0.15) is 27.6 Å². The van der Waals surface area contributed by atoms with E-state index in [-0.39, 0.29) is 5.91 Å². The van der Waals surface area contributed by atoms with Gasteiger partial charge in [0.15, 0.2) is 0 Å². The quantitative estimate of drug-likeness (QED) is 0.733. The molecule has 0 atom stereocenters. The zero-order valence-corrected chi connectivity index (χ0v) is 13.0. The molecule has 0 aliphatic rings. The number of nitrogens with zero attached hydrogens (tertiary/aromatic N) is 3. The molecule has 0 unspecified atom stereocenters. The average molecular weight is 309 g/mol. The fourth-order valence-corrected chi connectivity index (χ4v) is 2.42. The number of aryl methyl sites for hydroxylation is 1. The number of nitrogens with one attached hydrogen (secondary N) is 2. The van der Waals surface area contributed by atoms with Crippen LogP contribution in [0.3, 0.4) is 0 Å². The van der Waals surface area contributed by atoms with Gasteiger partial charge in [0.25, 0.3) is 5.91 Å². The predicted octanol–water partition coefficient (Wildman–Crippen LogP) is 2.33. The van der Waals surface area contributed by atoms with E-state index in [0.717, 1.165) is 17.9 Å². The van der Waals surface area contributed by atoms with E-state index in [0.29, 0.717) is 18.8 Å². The first-order chi connectivity index (χ1) is 11.2. The first-order valence-electron chi connectivity index (χ1n) is 7.56. The number of aromatic nitrogens is 4. The summed E-state index contributed by atoms with van der Waals surface area (Å²) >= 11 is 0. The Labute approximate surface area is 134 Å². The molecule has 3 aromatic rings. The van der Waals surface area contributed by atoms with Crippen molar-refractivity contribution >= 4 is 5.91 Å². The van der Waals surface area contributed by atoms with E-state index in [1.807, 2.05) is 25.1 Å². The molecule has 23 heavy (non-hydrogen) atoms. The van der Waals surface area contributed by atoms with E-state index >= 15 is 0 Å². The summed E-state index contributed by atoms with van der Waals surface area (Å²) in [6.07, 6.45) is 4.23. The predicted molar refractivity (Wildman–Crippen MR) is 86.8 cm³/mol. The van der Waals surface area contributed by atoms with E-state index in [2.05, 4.69) is 32.3 Å². The van der Waals surface area contributed by atoms with Gasteiger partial charge in [0, 0.05) is 24.6 Å². The Morgan fingerprint density at radius 3 is 2.74 bits per heavy atom. The summed E-state index contributed by atoms with van der Waals surface area (Å²) in [6.45, 7) is 2.92. The van der Waals surface area contributed by atoms with Crippen LogP contribution in [0, 0.1) is 6.92 Å². The SMILES string of the molecule is Cc1cc(C(=O)N(CCc2ccccc2)Cc2ncc[nH]2)n[nH]1. The van der Waals surface area contributed by atoms with Gasteiger partial charge in [-0.3, -0.25) is 9.89 Å². The maximum atomic E-state index is 12.7. The van der Waals surface area contributed by atoms with Gasteiger partial charge in [-0.1, -0.05) is 30.3 Å². The van der Waals surface area contributed by atoms with Crippen molar-refractivity contribution in [1.82, 2.24) is 25.1 Å². The summed E-state index contributed by atoms with van der Waals surface area (Å²) < 4.78 is 0. The molecule has 2 N–H and O–H groups in total. The number of H-pyrrole nitrogens is 2. The van der Waals surface area contributed by atoms with Crippen molar-refractivity contribution in [2.24, 2.45) is 0 Å². The van der Waals surface area contributed by atoms with Crippen molar-refractivity contribution in [3.8, 4) is 0 Å². The molecular weight excluding hydrogens is 290 g/mol. The van der Waals surface area contributed by atoms with Crippen LogP contribution in [0.2, 0.25) is 0 Å². The first kappa shape index (κ1) is 15.0. The summed E-state index contributed by atoms with van der Waals surface area (Å²) in [4.78, 5) is 21.7. The van der Waals surface area contributed by atoms with Gasteiger partial charge >= 0.3 is 0 Å². The highest BCUT2D eigenvalue weighted by Gasteiger charge is 2.19. The van der Waals surface area contributed by atoms with Gasteiger partial charge in [-0.05, 0) is 25.0 Å². The molecule has 0 radical (unpaired) electrons. The zero-order valence-electron chi connectivity index (χ0n) is 13.0. The molecule has 118 valence electrons. The third kappa shape index (κ3) is 3.85. The maximum absolute atomic E-state index is 12.7. The standard InChI is InChI=1S/C17H19N5O/c1-13-11-15(21-20-13)17(23)22(12-16-18-8-9-19-16)10-7-14-5-3-2-4-6-14/h2-6,8-9,11H,7,10,12H2,1H3,(H,18,19)(H,20,21). The monoisotopic (exact) mass is 309 g/mol. The molecule has 6 nitrogen and oxygen atoms in total. The maximum Gasteiger partial charge on any atom is 0.274 e. The largest absolute Gasteiger partial charge is 0.347 e. The Kier molecular flexibility index (Phi) is 4.52. The van der Waals surface area contributed by atoms with Crippen molar-refractivity contribution in [2.75, 3.05) is 6.54 Å². The number of rotatable bonds is 6. The smallest absolute Gasteiger partial charge is 0.274 e. The van der Waals surface area contributed by atoms with Crippen LogP contribution in [-0.4, -0.2) is 37.5 Å². The molecule has 6 heteroatoms. The van der Waals surface area contributed by atoms with Gasteiger partial charge < -0.3 is 9.88 Å². The normalized spacial score (nSPS) is 10.7.